The van der Waals surface area contributed by atoms with Crippen LogP contribution in [-0.2, 0) is 14.3 Å². The van der Waals surface area contributed by atoms with Crippen LogP contribution in [0.1, 0.15) is 0 Å². The number of rotatable bonds is 6. The van der Waals surface area contributed by atoms with Crippen LogP contribution in [0.25, 0.3) is 11.0 Å². The van der Waals surface area contributed by atoms with Crippen LogP contribution in [-0.4, -0.2) is 26.0 Å². The van der Waals surface area contributed by atoms with E-state index in [9.17, 15) is 14.4 Å². The Hall–Kier alpha value is -3.61. The normalized spacial score (nSPS) is 10.3. The van der Waals surface area contributed by atoms with E-state index in [0.29, 0.717) is 23.5 Å². The number of carbonyl (C=O) groups excluding carboxylic acids is 2. The van der Waals surface area contributed by atoms with Gasteiger partial charge in [0.2, 0.25) is 11.8 Å². The molecule has 0 radical (unpaired) electrons. The van der Waals surface area contributed by atoms with Crippen LogP contribution < -0.4 is 15.1 Å². The van der Waals surface area contributed by atoms with E-state index in [1.54, 1.807) is 24.3 Å². The molecule has 0 aliphatic rings. The van der Waals surface area contributed by atoms with Crippen LogP contribution in [0.2, 0.25) is 0 Å². The summed E-state index contributed by atoms with van der Waals surface area (Å²) in [4.78, 5) is 36.3. The number of para-hydroxylation sites is 1. The van der Waals surface area contributed by atoms with Gasteiger partial charge in [-0.05, 0) is 30.3 Å². The molecule has 1 amide bonds. The first-order valence-electron chi connectivity index (χ1n) is 7.69. The van der Waals surface area contributed by atoms with E-state index >= 15 is 0 Å². The Morgan fingerprint density at radius 2 is 1.92 bits per heavy atom. The van der Waals surface area contributed by atoms with Crippen molar-refractivity contribution in [1.29, 1.82) is 0 Å². The first-order valence-corrected chi connectivity index (χ1v) is 7.69. The highest BCUT2D eigenvalue weighted by molar-refractivity contribution is 5.89. The molecule has 0 N–H and O–H groups in total. The number of hydrogen-bond acceptors (Lipinski definition) is 6. The molecule has 132 valence electrons. The SMILES string of the molecule is COC(=O)CN(C=O)c1coc2ccc(Oc3ccccc3)cc2c1=O. The second-order valence-corrected chi connectivity index (χ2v) is 5.33. The van der Waals surface area contributed by atoms with Crippen molar-refractivity contribution in [3.8, 4) is 11.5 Å². The maximum Gasteiger partial charge on any atom is 0.325 e. The number of amides is 1. The van der Waals surface area contributed by atoms with Crippen molar-refractivity contribution in [2.45, 2.75) is 0 Å². The number of carbonyl (C=O) groups is 2. The molecule has 0 unspecified atom stereocenters. The molecule has 0 aliphatic carbocycles. The zero-order chi connectivity index (χ0) is 18.5. The van der Waals surface area contributed by atoms with Crippen LogP contribution >= 0.6 is 0 Å². The predicted octanol–water partition coefficient (Wildman–Crippen LogP) is 2.72. The summed E-state index contributed by atoms with van der Waals surface area (Å²) in [5.41, 5.74) is -0.182. The van der Waals surface area contributed by atoms with Crippen molar-refractivity contribution in [1.82, 2.24) is 0 Å². The van der Waals surface area contributed by atoms with E-state index in [-0.39, 0.29) is 11.1 Å². The molecule has 0 bridgehead atoms. The second-order valence-electron chi connectivity index (χ2n) is 5.33. The summed E-state index contributed by atoms with van der Waals surface area (Å²) in [6.45, 7) is -0.392. The van der Waals surface area contributed by atoms with Gasteiger partial charge in [0.05, 0.1) is 12.5 Å². The van der Waals surface area contributed by atoms with Gasteiger partial charge < -0.3 is 13.9 Å². The third-order valence-corrected chi connectivity index (χ3v) is 3.67. The van der Waals surface area contributed by atoms with Crippen molar-refractivity contribution in [3.63, 3.8) is 0 Å². The summed E-state index contributed by atoms with van der Waals surface area (Å²) in [6.07, 6.45) is 1.51. The summed E-state index contributed by atoms with van der Waals surface area (Å²) in [5.74, 6) is 0.407. The molecule has 1 heterocycles. The van der Waals surface area contributed by atoms with E-state index < -0.39 is 17.9 Å². The zero-order valence-electron chi connectivity index (χ0n) is 13.9. The van der Waals surface area contributed by atoms with Crippen LogP contribution in [0, 0.1) is 0 Å². The van der Waals surface area contributed by atoms with Crippen molar-refractivity contribution < 1.29 is 23.5 Å². The van der Waals surface area contributed by atoms with E-state index in [0.717, 1.165) is 11.2 Å². The molecular weight excluding hydrogens is 338 g/mol. The number of benzene rings is 2. The van der Waals surface area contributed by atoms with Gasteiger partial charge >= 0.3 is 5.97 Å². The van der Waals surface area contributed by atoms with Crippen molar-refractivity contribution >= 4 is 29.0 Å². The van der Waals surface area contributed by atoms with Gasteiger partial charge in [0.15, 0.2) is 0 Å². The second kappa shape index (κ2) is 7.52. The third kappa shape index (κ3) is 3.56. The Labute approximate surface area is 148 Å². The molecule has 3 rings (SSSR count). The van der Waals surface area contributed by atoms with Gasteiger partial charge in [-0.2, -0.15) is 0 Å². The molecule has 1 aromatic heterocycles. The molecule has 0 fully saturated rings. The summed E-state index contributed by atoms with van der Waals surface area (Å²) in [7, 11) is 1.20. The van der Waals surface area contributed by atoms with Crippen LogP contribution in [0.5, 0.6) is 11.5 Å². The molecule has 26 heavy (non-hydrogen) atoms. The minimum absolute atomic E-state index is 0.0604. The molecule has 3 aromatic rings. The average molecular weight is 353 g/mol. The Morgan fingerprint density at radius 1 is 1.15 bits per heavy atom. The van der Waals surface area contributed by atoms with Gasteiger partial charge in [0.1, 0.15) is 35.6 Å². The van der Waals surface area contributed by atoms with Gasteiger partial charge in [0, 0.05) is 0 Å². The maximum atomic E-state index is 12.7. The highest BCUT2D eigenvalue weighted by Crippen LogP contribution is 2.25. The van der Waals surface area contributed by atoms with Crippen LogP contribution in [0.4, 0.5) is 5.69 Å². The topological polar surface area (TPSA) is 86.1 Å². The predicted molar refractivity (Wildman–Crippen MR) is 94.4 cm³/mol. The van der Waals surface area contributed by atoms with Crippen molar-refractivity contribution in [3.05, 3.63) is 65.0 Å². The monoisotopic (exact) mass is 353 g/mol. The Bertz CT molecular complexity index is 996. The average Bonchev–Trinajstić information content (AvgIpc) is 2.68. The lowest BCUT2D eigenvalue weighted by Crippen LogP contribution is -2.32. The highest BCUT2D eigenvalue weighted by atomic mass is 16.5. The molecule has 0 aliphatic heterocycles. The Kier molecular flexibility index (Phi) is 4.98. The standard InChI is InChI=1S/C19H15NO6/c1-24-18(22)10-20(12-21)16-11-25-17-8-7-14(9-15(17)19(16)23)26-13-5-3-2-4-6-13/h2-9,11-12H,10H2,1H3. The molecule has 2 aromatic carbocycles. The van der Waals surface area contributed by atoms with Crippen molar-refractivity contribution in [2.24, 2.45) is 0 Å². The number of anilines is 1. The first kappa shape index (κ1) is 17.2. The quantitative estimate of drug-likeness (QED) is 0.500. The molecule has 7 heteroatoms. The maximum absolute atomic E-state index is 12.7. The van der Waals surface area contributed by atoms with Crippen molar-refractivity contribution in [2.75, 3.05) is 18.6 Å². The van der Waals surface area contributed by atoms with E-state index in [1.165, 1.54) is 13.2 Å². The van der Waals surface area contributed by atoms with E-state index in [1.807, 2.05) is 18.2 Å². The lowest BCUT2D eigenvalue weighted by molar-refractivity contribution is -0.139. The number of nitrogens with zero attached hydrogens (tertiary/aromatic N) is 1. The number of esters is 1. The summed E-state index contributed by atoms with van der Waals surface area (Å²) < 4.78 is 15.7. The lowest BCUT2D eigenvalue weighted by atomic mass is 10.2. The number of ether oxygens (including phenoxy) is 2. The van der Waals surface area contributed by atoms with Gasteiger partial charge in [-0.15, -0.1) is 0 Å². The lowest BCUT2D eigenvalue weighted by Gasteiger charge is -2.15. The first-order chi connectivity index (χ1) is 12.6. The van der Waals surface area contributed by atoms with E-state index in [2.05, 4.69) is 4.74 Å². The summed E-state index contributed by atoms with van der Waals surface area (Å²) >= 11 is 0. The molecule has 0 saturated carbocycles. The zero-order valence-corrected chi connectivity index (χ0v) is 13.9. The highest BCUT2D eigenvalue weighted by Gasteiger charge is 2.17. The molecule has 7 nitrogen and oxygen atoms in total. The largest absolute Gasteiger partial charge is 0.468 e. The Balaban J connectivity index is 2.00. The minimum atomic E-state index is -0.655. The minimum Gasteiger partial charge on any atom is -0.468 e. The number of fused-ring (bicyclic) bond motifs is 1. The molecule has 0 spiro atoms. The van der Waals surface area contributed by atoms with E-state index in [4.69, 9.17) is 9.15 Å². The Morgan fingerprint density at radius 3 is 2.62 bits per heavy atom. The van der Waals surface area contributed by atoms with Gasteiger partial charge in [-0.1, -0.05) is 18.2 Å². The van der Waals surface area contributed by atoms with Gasteiger partial charge in [0.25, 0.3) is 0 Å². The van der Waals surface area contributed by atoms with Gasteiger partial charge in [-0.25, -0.2) is 0 Å². The number of methoxy groups -OCH3 is 1. The molecule has 0 saturated heterocycles. The summed E-state index contributed by atoms with van der Waals surface area (Å²) in [5, 5.41) is 0.229. The van der Waals surface area contributed by atoms with Gasteiger partial charge in [-0.3, -0.25) is 19.3 Å². The smallest absolute Gasteiger partial charge is 0.325 e. The number of hydrogen-bond donors (Lipinski definition) is 0. The fourth-order valence-electron chi connectivity index (χ4n) is 2.37. The summed E-state index contributed by atoms with van der Waals surface area (Å²) in [6, 6.07) is 13.9. The fraction of sp³-hybridized carbons (Fsp3) is 0.105. The third-order valence-electron chi connectivity index (χ3n) is 3.67. The molecule has 0 atom stereocenters. The fourth-order valence-corrected chi connectivity index (χ4v) is 2.37. The van der Waals surface area contributed by atoms with Crippen LogP contribution in [0.15, 0.2) is 64.0 Å². The van der Waals surface area contributed by atoms with Crippen LogP contribution in [0.3, 0.4) is 0 Å². The molecular formula is C19H15NO6.